The highest BCUT2D eigenvalue weighted by Gasteiger charge is 2.23. The molecule has 0 radical (unpaired) electrons. The van der Waals surface area contributed by atoms with Gasteiger partial charge in [-0.05, 0) is 36.4 Å². The fourth-order valence-electron chi connectivity index (χ4n) is 2.67. The highest BCUT2D eigenvalue weighted by atomic mass is 32.2. The van der Waals surface area contributed by atoms with Crippen LogP contribution >= 0.6 is 11.8 Å². The summed E-state index contributed by atoms with van der Waals surface area (Å²) in [5.41, 5.74) is 1.56. The van der Waals surface area contributed by atoms with Crippen molar-refractivity contribution in [3.8, 4) is 0 Å². The number of nitrogens with one attached hydrogen (secondary N) is 1. The molecule has 0 aromatic heterocycles. The quantitative estimate of drug-likeness (QED) is 0.718. The Balaban J connectivity index is 1.70. The molecule has 1 unspecified atom stereocenters. The molecule has 1 aromatic carbocycles. The lowest BCUT2D eigenvalue weighted by molar-refractivity contribution is -0.137. The SMILES string of the molecule is CC(C)(CCNCC1CSc2ccccc21)CCC(=O)O. The second-order valence-electron chi connectivity index (χ2n) is 6.56. The third kappa shape index (κ3) is 5.04. The van der Waals surface area contributed by atoms with Gasteiger partial charge in [0.25, 0.3) is 0 Å². The van der Waals surface area contributed by atoms with Crippen molar-refractivity contribution in [2.45, 2.75) is 43.9 Å². The van der Waals surface area contributed by atoms with E-state index in [1.54, 1.807) is 0 Å². The predicted octanol–water partition coefficient (Wildman–Crippen LogP) is 3.75. The Labute approximate surface area is 131 Å². The highest BCUT2D eigenvalue weighted by Crippen LogP contribution is 2.38. The van der Waals surface area contributed by atoms with Crippen LogP contribution in [0.3, 0.4) is 0 Å². The van der Waals surface area contributed by atoms with E-state index in [1.165, 1.54) is 10.5 Å². The number of carboxylic acids is 1. The minimum atomic E-state index is -0.698. The second-order valence-corrected chi connectivity index (χ2v) is 7.62. The molecule has 0 amide bonds. The molecule has 2 N–H and O–H groups in total. The average Bonchev–Trinajstić information content (AvgIpc) is 2.85. The van der Waals surface area contributed by atoms with Gasteiger partial charge in [0.05, 0.1) is 0 Å². The summed E-state index contributed by atoms with van der Waals surface area (Å²) in [7, 11) is 0. The molecule has 0 saturated carbocycles. The van der Waals surface area contributed by atoms with Crippen molar-refractivity contribution in [3.05, 3.63) is 29.8 Å². The van der Waals surface area contributed by atoms with Gasteiger partial charge in [0, 0.05) is 29.5 Å². The zero-order valence-electron chi connectivity index (χ0n) is 12.9. The lowest BCUT2D eigenvalue weighted by Crippen LogP contribution is -2.27. The van der Waals surface area contributed by atoms with E-state index in [0.29, 0.717) is 5.92 Å². The van der Waals surface area contributed by atoms with Gasteiger partial charge in [-0.25, -0.2) is 0 Å². The van der Waals surface area contributed by atoms with E-state index < -0.39 is 5.97 Å². The first kappa shape index (κ1) is 16.4. The summed E-state index contributed by atoms with van der Waals surface area (Å²) in [5.74, 6) is 1.07. The molecule has 2 rings (SSSR count). The minimum Gasteiger partial charge on any atom is -0.481 e. The summed E-state index contributed by atoms with van der Waals surface area (Å²) in [6.45, 7) is 6.27. The molecule has 0 spiro atoms. The van der Waals surface area contributed by atoms with Gasteiger partial charge in [0.1, 0.15) is 0 Å². The number of fused-ring (bicyclic) bond motifs is 1. The van der Waals surface area contributed by atoms with Crippen molar-refractivity contribution in [3.63, 3.8) is 0 Å². The summed E-state index contributed by atoms with van der Waals surface area (Å²) < 4.78 is 0. The molecule has 3 nitrogen and oxygen atoms in total. The van der Waals surface area contributed by atoms with Crippen LogP contribution in [0.25, 0.3) is 0 Å². The Kier molecular flexibility index (Phi) is 5.71. The van der Waals surface area contributed by atoms with Crippen molar-refractivity contribution in [1.29, 1.82) is 0 Å². The van der Waals surface area contributed by atoms with Gasteiger partial charge < -0.3 is 10.4 Å². The van der Waals surface area contributed by atoms with E-state index in [4.69, 9.17) is 5.11 Å². The Hall–Kier alpha value is -1.00. The van der Waals surface area contributed by atoms with Crippen molar-refractivity contribution < 1.29 is 9.90 Å². The normalized spacial score (nSPS) is 17.7. The third-order valence-electron chi connectivity index (χ3n) is 4.18. The number of carboxylic acid groups (broad SMARTS) is 1. The molecule has 1 atom stereocenters. The van der Waals surface area contributed by atoms with Gasteiger partial charge in [0.15, 0.2) is 0 Å². The monoisotopic (exact) mass is 307 g/mol. The molecule has 1 aliphatic heterocycles. The zero-order valence-corrected chi connectivity index (χ0v) is 13.7. The maximum Gasteiger partial charge on any atom is 0.303 e. The minimum absolute atomic E-state index is 0.0910. The first-order valence-corrected chi connectivity index (χ1v) is 8.61. The number of hydrogen-bond acceptors (Lipinski definition) is 3. The van der Waals surface area contributed by atoms with Crippen molar-refractivity contribution in [2.24, 2.45) is 5.41 Å². The van der Waals surface area contributed by atoms with Crippen LogP contribution in [0.1, 0.15) is 44.6 Å². The summed E-state index contributed by atoms with van der Waals surface area (Å²) in [4.78, 5) is 12.1. The number of aliphatic carboxylic acids is 1. The van der Waals surface area contributed by atoms with Crippen LogP contribution in [-0.4, -0.2) is 29.9 Å². The molecule has 1 aliphatic rings. The first-order chi connectivity index (χ1) is 9.98. The Morgan fingerprint density at radius 3 is 2.90 bits per heavy atom. The van der Waals surface area contributed by atoms with Gasteiger partial charge in [-0.2, -0.15) is 0 Å². The highest BCUT2D eigenvalue weighted by molar-refractivity contribution is 7.99. The number of carbonyl (C=O) groups is 1. The number of benzene rings is 1. The summed E-state index contributed by atoms with van der Waals surface area (Å²) in [5, 5.41) is 12.3. The van der Waals surface area contributed by atoms with Crippen LogP contribution in [0.4, 0.5) is 0 Å². The van der Waals surface area contributed by atoms with Gasteiger partial charge in [-0.15, -0.1) is 11.8 Å². The molecule has 116 valence electrons. The largest absolute Gasteiger partial charge is 0.481 e. The van der Waals surface area contributed by atoms with Crippen molar-refractivity contribution >= 4 is 17.7 Å². The van der Waals surface area contributed by atoms with Crippen LogP contribution in [0.2, 0.25) is 0 Å². The van der Waals surface area contributed by atoms with E-state index in [1.807, 2.05) is 11.8 Å². The average molecular weight is 307 g/mol. The van der Waals surface area contributed by atoms with Gasteiger partial charge >= 0.3 is 5.97 Å². The van der Waals surface area contributed by atoms with E-state index in [-0.39, 0.29) is 11.8 Å². The summed E-state index contributed by atoms with van der Waals surface area (Å²) >= 11 is 1.95. The molecule has 0 saturated heterocycles. The number of rotatable bonds is 8. The first-order valence-electron chi connectivity index (χ1n) is 7.62. The number of thioether (sulfide) groups is 1. The van der Waals surface area contributed by atoms with Gasteiger partial charge in [0.2, 0.25) is 0 Å². The van der Waals surface area contributed by atoms with E-state index in [9.17, 15) is 4.79 Å². The lowest BCUT2D eigenvalue weighted by Gasteiger charge is -2.24. The molecular formula is C17H25NO2S. The van der Waals surface area contributed by atoms with Gasteiger partial charge in [-0.3, -0.25) is 4.79 Å². The lowest BCUT2D eigenvalue weighted by atomic mass is 9.84. The summed E-state index contributed by atoms with van der Waals surface area (Å²) in [6.07, 6.45) is 2.02. The molecule has 21 heavy (non-hydrogen) atoms. The van der Waals surface area contributed by atoms with Gasteiger partial charge in [-0.1, -0.05) is 32.0 Å². The Morgan fingerprint density at radius 1 is 1.38 bits per heavy atom. The smallest absolute Gasteiger partial charge is 0.303 e. The molecule has 4 heteroatoms. The molecule has 0 bridgehead atoms. The van der Waals surface area contributed by atoms with Crippen molar-refractivity contribution in [2.75, 3.05) is 18.8 Å². The van der Waals surface area contributed by atoms with Crippen LogP contribution in [0.5, 0.6) is 0 Å². The van der Waals surface area contributed by atoms with Crippen LogP contribution in [0.15, 0.2) is 29.2 Å². The molecule has 0 fully saturated rings. The predicted molar refractivity (Wildman–Crippen MR) is 88.0 cm³/mol. The fourth-order valence-corrected chi connectivity index (χ4v) is 3.93. The molecule has 1 heterocycles. The third-order valence-corrected chi connectivity index (χ3v) is 5.44. The topological polar surface area (TPSA) is 49.3 Å². The molecular weight excluding hydrogens is 282 g/mol. The van der Waals surface area contributed by atoms with Crippen molar-refractivity contribution in [1.82, 2.24) is 5.32 Å². The maximum atomic E-state index is 10.6. The van der Waals surface area contributed by atoms with Crippen LogP contribution in [0, 0.1) is 5.41 Å². The zero-order chi connectivity index (χ0) is 15.3. The summed E-state index contributed by atoms with van der Waals surface area (Å²) in [6, 6.07) is 8.66. The second kappa shape index (κ2) is 7.32. The maximum absolute atomic E-state index is 10.6. The van der Waals surface area contributed by atoms with E-state index in [0.717, 1.165) is 31.7 Å². The Bertz CT molecular complexity index is 487. The number of hydrogen-bond donors (Lipinski definition) is 2. The van der Waals surface area contributed by atoms with E-state index >= 15 is 0 Å². The van der Waals surface area contributed by atoms with Crippen LogP contribution in [-0.2, 0) is 4.79 Å². The molecule has 1 aromatic rings. The fraction of sp³-hybridized carbons (Fsp3) is 0.588. The molecule has 0 aliphatic carbocycles. The Morgan fingerprint density at radius 2 is 2.14 bits per heavy atom. The van der Waals surface area contributed by atoms with E-state index in [2.05, 4.69) is 43.4 Å². The standard InChI is InChI=1S/C17H25NO2S/c1-17(2,8-7-16(19)20)9-10-18-11-13-12-21-15-6-4-3-5-14(13)15/h3-6,13,18H,7-12H2,1-2H3,(H,19,20). The van der Waals surface area contributed by atoms with Crippen LogP contribution < -0.4 is 5.32 Å².